The van der Waals surface area contributed by atoms with Crippen molar-refractivity contribution in [3.63, 3.8) is 0 Å². The highest BCUT2D eigenvalue weighted by atomic mass is 35.5. The molecular formula is C21H31Cl2N5O3. The number of rotatable bonds is 7. The molecule has 1 N–H and O–H groups in total. The summed E-state index contributed by atoms with van der Waals surface area (Å²) in [6.45, 7) is 5.95. The van der Waals surface area contributed by atoms with E-state index in [-0.39, 0.29) is 30.7 Å². The maximum absolute atomic E-state index is 12.5. The zero-order valence-electron chi connectivity index (χ0n) is 17.8. The highest BCUT2D eigenvalue weighted by Gasteiger charge is 2.24. The number of carbonyl (C=O) groups is 1. The second-order valence-corrected chi connectivity index (χ2v) is 7.79. The summed E-state index contributed by atoms with van der Waals surface area (Å²) in [5.41, 5.74) is 0.897. The molecule has 1 unspecified atom stereocenters. The topological polar surface area (TPSA) is 83.7 Å². The number of carbonyl (C=O) groups excluding carboxylic acids is 1. The van der Waals surface area contributed by atoms with Crippen LogP contribution in [0, 0.1) is 5.92 Å². The third-order valence-electron chi connectivity index (χ3n) is 5.83. The number of nitrogens with one attached hydrogen (secondary N) is 1. The van der Waals surface area contributed by atoms with Crippen molar-refractivity contribution in [3.05, 3.63) is 30.2 Å². The summed E-state index contributed by atoms with van der Waals surface area (Å²) >= 11 is 0. The fourth-order valence-corrected chi connectivity index (χ4v) is 3.97. The summed E-state index contributed by atoms with van der Waals surface area (Å²) < 4.78 is 10.6. The number of aromatic nitrogens is 2. The summed E-state index contributed by atoms with van der Waals surface area (Å²) in [5, 5.41) is 7.45. The van der Waals surface area contributed by atoms with Crippen molar-refractivity contribution in [1.82, 2.24) is 25.3 Å². The van der Waals surface area contributed by atoms with Crippen LogP contribution in [0.1, 0.15) is 25.2 Å². The number of amides is 1. The molecule has 2 fully saturated rings. The molecule has 10 heteroatoms. The first-order valence-corrected chi connectivity index (χ1v) is 10.4. The average Bonchev–Trinajstić information content (AvgIpc) is 3.45. The predicted octanol–water partition coefficient (Wildman–Crippen LogP) is 2.62. The smallest absolute Gasteiger partial charge is 0.241 e. The molecule has 0 spiro atoms. The van der Waals surface area contributed by atoms with Crippen LogP contribution in [0.2, 0.25) is 0 Å². The van der Waals surface area contributed by atoms with Gasteiger partial charge in [0.1, 0.15) is 5.75 Å². The number of ether oxygens (including phenoxy) is 1. The van der Waals surface area contributed by atoms with E-state index in [1.807, 2.05) is 29.2 Å². The minimum atomic E-state index is 0. The van der Waals surface area contributed by atoms with Crippen LogP contribution in [0.15, 0.2) is 28.8 Å². The van der Waals surface area contributed by atoms with Gasteiger partial charge in [-0.25, -0.2) is 0 Å². The molecule has 0 radical (unpaired) electrons. The molecule has 31 heavy (non-hydrogen) atoms. The lowest BCUT2D eigenvalue weighted by Gasteiger charge is -2.34. The van der Waals surface area contributed by atoms with Crippen molar-refractivity contribution >= 4 is 30.7 Å². The van der Waals surface area contributed by atoms with Gasteiger partial charge in [0.25, 0.3) is 0 Å². The summed E-state index contributed by atoms with van der Waals surface area (Å²) in [6, 6.07) is 7.59. The molecule has 172 valence electrons. The van der Waals surface area contributed by atoms with E-state index in [1.54, 1.807) is 7.11 Å². The first-order valence-electron chi connectivity index (χ1n) is 10.4. The molecular weight excluding hydrogens is 441 g/mol. The third kappa shape index (κ3) is 6.80. The number of methoxy groups -OCH3 is 1. The van der Waals surface area contributed by atoms with Crippen molar-refractivity contribution in [2.75, 3.05) is 46.4 Å². The maximum atomic E-state index is 12.5. The van der Waals surface area contributed by atoms with Gasteiger partial charge in [0.2, 0.25) is 17.6 Å². The summed E-state index contributed by atoms with van der Waals surface area (Å²) in [4.78, 5) is 21.2. The Balaban J connectivity index is 0.00000171. The number of hydrogen-bond acceptors (Lipinski definition) is 7. The van der Waals surface area contributed by atoms with Crippen LogP contribution in [0.3, 0.4) is 0 Å². The molecule has 2 saturated heterocycles. The fraction of sp³-hybridized carbons (Fsp3) is 0.571. The van der Waals surface area contributed by atoms with E-state index in [1.165, 1.54) is 6.42 Å². The lowest BCUT2D eigenvalue weighted by molar-refractivity contribution is -0.133. The second kappa shape index (κ2) is 12.2. The number of piperazine rings is 1. The lowest BCUT2D eigenvalue weighted by atomic mass is 10.0. The Kier molecular flexibility index (Phi) is 10.0. The zero-order chi connectivity index (χ0) is 20.1. The Morgan fingerprint density at radius 1 is 1.19 bits per heavy atom. The molecule has 2 aromatic rings. The van der Waals surface area contributed by atoms with E-state index >= 15 is 0 Å². The Hall–Kier alpha value is -1.87. The van der Waals surface area contributed by atoms with Gasteiger partial charge in [0, 0.05) is 38.2 Å². The fourth-order valence-electron chi connectivity index (χ4n) is 3.97. The molecule has 0 bridgehead atoms. The van der Waals surface area contributed by atoms with Crippen molar-refractivity contribution in [2.45, 2.75) is 25.8 Å². The van der Waals surface area contributed by atoms with Crippen molar-refractivity contribution < 1.29 is 14.1 Å². The lowest BCUT2D eigenvalue weighted by Crippen LogP contribution is -2.48. The van der Waals surface area contributed by atoms with Crippen molar-refractivity contribution in [3.8, 4) is 17.1 Å². The first kappa shape index (κ1) is 25.4. The molecule has 1 amide bonds. The molecule has 1 aromatic heterocycles. The van der Waals surface area contributed by atoms with Crippen LogP contribution in [-0.4, -0.2) is 72.2 Å². The maximum Gasteiger partial charge on any atom is 0.241 e. The highest BCUT2D eigenvalue weighted by molar-refractivity contribution is 5.85. The van der Waals surface area contributed by atoms with Gasteiger partial charge < -0.3 is 19.5 Å². The minimum Gasteiger partial charge on any atom is -0.497 e. The molecule has 1 atom stereocenters. The van der Waals surface area contributed by atoms with Gasteiger partial charge in [-0.3, -0.25) is 9.69 Å². The number of benzene rings is 1. The monoisotopic (exact) mass is 471 g/mol. The van der Waals surface area contributed by atoms with Crippen LogP contribution in [0.25, 0.3) is 11.4 Å². The molecule has 4 rings (SSSR count). The minimum absolute atomic E-state index is 0. The third-order valence-corrected chi connectivity index (χ3v) is 5.83. The summed E-state index contributed by atoms with van der Waals surface area (Å²) in [6.07, 6.45) is 2.87. The van der Waals surface area contributed by atoms with E-state index in [9.17, 15) is 4.79 Å². The number of nitrogens with zero attached hydrogens (tertiary/aromatic N) is 4. The van der Waals surface area contributed by atoms with Gasteiger partial charge in [-0.1, -0.05) is 5.16 Å². The van der Waals surface area contributed by atoms with Gasteiger partial charge in [-0.05, 0) is 56.1 Å². The Morgan fingerprint density at radius 3 is 2.58 bits per heavy atom. The van der Waals surface area contributed by atoms with Crippen LogP contribution in [0.5, 0.6) is 5.75 Å². The molecule has 2 aliphatic rings. The van der Waals surface area contributed by atoms with Gasteiger partial charge in [0.15, 0.2) is 0 Å². The van der Waals surface area contributed by atoms with Gasteiger partial charge >= 0.3 is 0 Å². The van der Waals surface area contributed by atoms with Crippen molar-refractivity contribution in [2.24, 2.45) is 5.92 Å². The predicted molar refractivity (Wildman–Crippen MR) is 123 cm³/mol. The van der Waals surface area contributed by atoms with Gasteiger partial charge in [-0.15, -0.1) is 24.8 Å². The average molecular weight is 472 g/mol. The van der Waals surface area contributed by atoms with E-state index in [4.69, 9.17) is 9.26 Å². The largest absolute Gasteiger partial charge is 0.497 e. The van der Waals surface area contributed by atoms with E-state index in [0.717, 1.165) is 57.0 Å². The standard InChI is InChI=1S/C21H29N5O3.2ClH/c1-28-18-5-3-17(4-6-18)21-23-19(29-24-21)15-25-10-12-26(13-11-25)20(27)7-2-16-8-9-22-14-16;;/h3-6,16,22H,2,7-15H2,1H3;2*1H. The first-order chi connectivity index (χ1) is 14.2. The molecule has 8 nitrogen and oxygen atoms in total. The van der Waals surface area contributed by atoms with Crippen LogP contribution in [0.4, 0.5) is 0 Å². The molecule has 1 aromatic carbocycles. The van der Waals surface area contributed by atoms with Crippen molar-refractivity contribution in [1.29, 1.82) is 0 Å². The summed E-state index contributed by atoms with van der Waals surface area (Å²) in [5.74, 6) is 2.93. The van der Waals surface area contributed by atoms with E-state index in [2.05, 4.69) is 20.4 Å². The molecule has 2 aliphatic heterocycles. The van der Waals surface area contributed by atoms with Crippen LogP contribution >= 0.6 is 24.8 Å². The molecule has 0 aliphatic carbocycles. The van der Waals surface area contributed by atoms with Gasteiger partial charge in [-0.2, -0.15) is 4.98 Å². The normalized spacial score (nSPS) is 18.9. The Morgan fingerprint density at radius 2 is 1.94 bits per heavy atom. The van der Waals surface area contributed by atoms with E-state index in [0.29, 0.717) is 30.6 Å². The number of hydrogen-bond donors (Lipinski definition) is 1. The van der Waals surface area contributed by atoms with Gasteiger partial charge in [0.05, 0.1) is 13.7 Å². The second-order valence-electron chi connectivity index (χ2n) is 7.79. The van der Waals surface area contributed by atoms with E-state index < -0.39 is 0 Å². The Labute approximate surface area is 195 Å². The summed E-state index contributed by atoms with van der Waals surface area (Å²) in [7, 11) is 1.64. The Bertz CT molecular complexity index is 804. The molecule has 0 saturated carbocycles. The zero-order valence-corrected chi connectivity index (χ0v) is 19.4. The highest BCUT2D eigenvalue weighted by Crippen LogP contribution is 2.20. The quantitative estimate of drug-likeness (QED) is 0.663. The molecule has 3 heterocycles. The van der Waals surface area contributed by atoms with Crippen LogP contribution < -0.4 is 10.1 Å². The van der Waals surface area contributed by atoms with Crippen LogP contribution in [-0.2, 0) is 11.3 Å². The SMILES string of the molecule is COc1ccc(-c2noc(CN3CCN(C(=O)CCC4CCNC4)CC3)n2)cc1.Cl.Cl. The number of halogens is 2.